The van der Waals surface area contributed by atoms with E-state index in [1.165, 1.54) is 27.8 Å². The first-order valence-corrected chi connectivity index (χ1v) is 12.0. The van der Waals surface area contributed by atoms with Crippen molar-refractivity contribution in [3.63, 3.8) is 0 Å². The Morgan fingerprint density at radius 2 is 1.82 bits per heavy atom. The van der Waals surface area contributed by atoms with E-state index in [1.807, 2.05) is 19.9 Å². The topological polar surface area (TPSA) is 41.6 Å². The zero-order valence-corrected chi connectivity index (χ0v) is 19.9. The molecule has 0 unspecified atom stereocenters. The summed E-state index contributed by atoms with van der Waals surface area (Å²) in [5.41, 5.74) is 6.49. The van der Waals surface area contributed by atoms with Crippen LogP contribution in [-0.2, 0) is 17.8 Å². The largest absolute Gasteiger partial charge is 0.481 e. The lowest BCUT2D eigenvalue weighted by molar-refractivity contribution is -0.128. The number of benzene rings is 3. The van der Waals surface area contributed by atoms with E-state index in [2.05, 4.69) is 83.9 Å². The Bertz CT molecular complexity index is 1060. The number of hydrogen-bond acceptors (Lipinski definition) is 3. The van der Waals surface area contributed by atoms with Gasteiger partial charge in [-0.15, -0.1) is 0 Å². The number of likely N-dealkylation sites (N-methyl/N-ethyl adjacent to an activating group) is 1. The molecule has 0 saturated heterocycles. The molecular formula is C29H34N2O2. The minimum atomic E-state index is -0.481. The first kappa shape index (κ1) is 23.1. The third-order valence-electron chi connectivity index (χ3n) is 6.36. The zero-order valence-electron chi connectivity index (χ0n) is 19.9. The van der Waals surface area contributed by atoms with Crippen LogP contribution in [-0.4, -0.2) is 30.0 Å². The van der Waals surface area contributed by atoms with Crippen molar-refractivity contribution < 1.29 is 9.53 Å². The Morgan fingerprint density at radius 1 is 1.06 bits per heavy atom. The van der Waals surface area contributed by atoms with E-state index in [0.29, 0.717) is 13.0 Å². The van der Waals surface area contributed by atoms with Crippen LogP contribution in [0.25, 0.3) is 0 Å². The number of nitrogens with zero attached hydrogens (tertiary/aromatic N) is 1. The van der Waals surface area contributed by atoms with E-state index in [1.54, 1.807) is 0 Å². The summed E-state index contributed by atoms with van der Waals surface area (Å²) in [7, 11) is 0. The van der Waals surface area contributed by atoms with Gasteiger partial charge in [0.1, 0.15) is 5.75 Å². The Hall–Kier alpha value is -3.11. The molecule has 0 bridgehead atoms. The van der Waals surface area contributed by atoms with Crippen LogP contribution >= 0.6 is 0 Å². The molecule has 1 heterocycles. The molecule has 1 aliphatic heterocycles. The van der Waals surface area contributed by atoms with Crippen LogP contribution in [0.4, 0.5) is 0 Å². The van der Waals surface area contributed by atoms with Gasteiger partial charge in [0.15, 0.2) is 6.10 Å². The van der Waals surface area contributed by atoms with Crippen LogP contribution in [0.3, 0.4) is 0 Å². The van der Waals surface area contributed by atoms with Gasteiger partial charge in [0.25, 0.3) is 5.91 Å². The molecule has 172 valence electrons. The van der Waals surface area contributed by atoms with Crippen molar-refractivity contribution in [2.24, 2.45) is 0 Å². The number of ether oxygens (including phenoxy) is 1. The summed E-state index contributed by atoms with van der Waals surface area (Å²) >= 11 is 0. The van der Waals surface area contributed by atoms with Crippen LogP contribution in [0.1, 0.15) is 54.1 Å². The molecule has 1 N–H and O–H groups in total. The van der Waals surface area contributed by atoms with Crippen LogP contribution in [0.5, 0.6) is 5.75 Å². The zero-order chi connectivity index (χ0) is 23.2. The smallest absolute Gasteiger partial charge is 0.261 e. The van der Waals surface area contributed by atoms with Crippen molar-refractivity contribution in [2.75, 3.05) is 13.1 Å². The lowest BCUT2D eigenvalue weighted by Crippen LogP contribution is -2.38. The summed E-state index contributed by atoms with van der Waals surface area (Å²) in [6.45, 7) is 8.52. The van der Waals surface area contributed by atoms with E-state index in [9.17, 15) is 4.79 Å². The summed E-state index contributed by atoms with van der Waals surface area (Å²) in [6.07, 6.45) is 1.15. The lowest BCUT2D eigenvalue weighted by atomic mass is 9.87. The van der Waals surface area contributed by atoms with Gasteiger partial charge in [-0.25, -0.2) is 0 Å². The number of rotatable bonds is 8. The number of aryl methyl sites for hydroxylation is 1. The van der Waals surface area contributed by atoms with Gasteiger partial charge in [-0.1, -0.05) is 73.2 Å². The number of fused-ring (bicyclic) bond motifs is 1. The second-order valence-electron chi connectivity index (χ2n) is 8.79. The molecule has 0 aliphatic carbocycles. The van der Waals surface area contributed by atoms with Crippen LogP contribution in [0, 0.1) is 6.92 Å². The summed E-state index contributed by atoms with van der Waals surface area (Å²) in [5, 5.41) is 2.88. The predicted octanol–water partition coefficient (Wildman–Crippen LogP) is 5.44. The first-order chi connectivity index (χ1) is 16.1. The van der Waals surface area contributed by atoms with Crippen molar-refractivity contribution >= 4 is 5.91 Å². The third kappa shape index (κ3) is 5.45. The molecule has 2 atom stereocenters. The predicted molar refractivity (Wildman–Crippen MR) is 133 cm³/mol. The highest BCUT2D eigenvalue weighted by Crippen LogP contribution is 2.38. The molecule has 0 radical (unpaired) electrons. The van der Waals surface area contributed by atoms with Crippen molar-refractivity contribution in [2.45, 2.75) is 52.3 Å². The molecule has 4 heteroatoms. The molecule has 4 nitrogen and oxygen atoms in total. The summed E-state index contributed by atoms with van der Waals surface area (Å²) in [4.78, 5) is 14.9. The standard InChI is InChI=1S/C29H34N2O2/c1-4-27(29(32)30-5-2)33-25-16-15-23-17-18-31(20-22-13-11-21(3)12-14-22)28(26(23)19-25)24-9-7-6-8-10-24/h6-16,19,27-28H,4-5,17-18,20H2,1-3H3,(H,30,32)/t27-,28+/m0/s1. The van der Waals surface area contributed by atoms with E-state index in [-0.39, 0.29) is 11.9 Å². The maximum absolute atomic E-state index is 12.4. The SMILES string of the molecule is CCNC(=O)[C@H](CC)Oc1ccc2c(c1)[C@@H](c1ccccc1)N(Cc1ccc(C)cc1)CC2. The molecule has 3 aromatic carbocycles. The van der Waals surface area contributed by atoms with Gasteiger partial charge in [-0.3, -0.25) is 9.69 Å². The van der Waals surface area contributed by atoms with Crippen LogP contribution in [0.2, 0.25) is 0 Å². The highest BCUT2D eigenvalue weighted by molar-refractivity contribution is 5.81. The second-order valence-corrected chi connectivity index (χ2v) is 8.79. The van der Waals surface area contributed by atoms with Gasteiger partial charge in [-0.2, -0.15) is 0 Å². The maximum atomic E-state index is 12.4. The molecule has 33 heavy (non-hydrogen) atoms. The molecule has 1 amide bonds. The molecule has 1 aliphatic rings. The first-order valence-electron chi connectivity index (χ1n) is 12.0. The quantitative estimate of drug-likeness (QED) is 0.505. The fraction of sp³-hybridized carbons (Fsp3) is 0.345. The number of carbonyl (C=O) groups excluding carboxylic acids is 1. The van der Waals surface area contributed by atoms with Gasteiger partial charge >= 0.3 is 0 Å². The highest BCUT2D eigenvalue weighted by Gasteiger charge is 2.29. The van der Waals surface area contributed by atoms with Gasteiger partial charge in [-0.05, 0) is 61.1 Å². The summed E-state index contributed by atoms with van der Waals surface area (Å²) in [5.74, 6) is 0.697. The number of carbonyl (C=O) groups is 1. The molecular weight excluding hydrogens is 408 g/mol. The van der Waals surface area contributed by atoms with Crippen LogP contribution in [0.15, 0.2) is 72.8 Å². The van der Waals surface area contributed by atoms with Gasteiger partial charge in [0, 0.05) is 19.6 Å². The lowest BCUT2D eigenvalue weighted by Gasteiger charge is -2.38. The van der Waals surface area contributed by atoms with Crippen molar-refractivity contribution in [3.8, 4) is 5.75 Å². The van der Waals surface area contributed by atoms with Crippen molar-refractivity contribution in [3.05, 3.63) is 101 Å². The Balaban J connectivity index is 1.67. The summed E-state index contributed by atoms with van der Waals surface area (Å²) < 4.78 is 6.16. The number of hydrogen-bond donors (Lipinski definition) is 1. The average Bonchev–Trinajstić information content (AvgIpc) is 2.84. The Kier molecular flexibility index (Phi) is 7.46. The van der Waals surface area contributed by atoms with Crippen molar-refractivity contribution in [1.29, 1.82) is 0 Å². The van der Waals surface area contributed by atoms with E-state index >= 15 is 0 Å². The van der Waals surface area contributed by atoms with E-state index in [0.717, 1.165) is 25.3 Å². The summed E-state index contributed by atoms with van der Waals surface area (Å²) in [6, 6.07) is 26.0. The Labute approximate surface area is 197 Å². The highest BCUT2D eigenvalue weighted by atomic mass is 16.5. The van der Waals surface area contributed by atoms with Gasteiger partial charge in [0.05, 0.1) is 6.04 Å². The minimum absolute atomic E-state index is 0.0571. The van der Waals surface area contributed by atoms with Crippen LogP contribution < -0.4 is 10.1 Å². The number of amides is 1. The molecule has 3 aromatic rings. The fourth-order valence-electron chi connectivity index (χ4n) is 4.62. The number of nitrogens with one attached hydrogen (secondary N) is 1. The normalized spacial score (nSPS) is 16.6. The second kappa shape index (κ2) is 10.7. The maximum Gasteiger partial charge on any atom is 0.261 e. The molecule has 4 rings (SSSR count). The fourth-order valence-corrected chi connectivity index (χ4v) is 4.62. The monoisotopic (exact) mass is 442 g/mol. The van der Waals surface area contributed by atoms with E-state index in [4.69, 9.17) is 4.74 Å². The van der Waals surface area contributed by atoms with Crippen molar-refractivity contribution in [1.82, 2.24) is 10.2 Å². The molecule has 0 aromatic heterocycles. The molecule has 0 spiro atoms. The molecule has 0 fully saturated rings. The van der Waals surface area contributed by atoms with Gasteiger partial charge < -0.3 is 10.1 Å². The minimum Gasteiger partial charge on any atom is -0.481 e. The molecule has 0 saturated carbocycles. The Morgan fingerprint density at radius 3 is 2.52 bits per heavy atom. The third-order valence-corrected chi connectivity index (χ3v) is 6.36. The van der Waals surface area contributed by atoms with E-state index < -0.39 is 6.10 Å². The van der Waals surface area contributed by atoms with Gasteiger partial charge in [0.2, 0.25) is 0 Å². The average molecular weight is 443 g/mol.